The van der Waals surface area contributed by atoms with Crippen molar-refractivity contribution in [1.82, 2.24) is 0 Å². The Morgan fingerprint density at radius 1 is 0.857 bits per heavy atom. The minimum atomic E-state index is 1.22. The van der Waals surface area contributed by atoms with E-state index in [-0.39, 0.29) is 0 Å². The molecule has 81 valence electrons. The summed E-state index contributed by atoms with van der Waals surface area (Å²) in [5.74, 6) is 0. The zero-order valence-corrected chi connectivity index (χ0v) is 9.67. The van der Waals surface area contributed by atoms with Gasteiger partial charge in [-0.1, -0.05) is 69.8 Å². The maximum Gasteiger partial charge on any atom is -0.0313 e. The average Bonchev–Trinajstić information content (AvgIpc) is 2.21. The minimum absolute atomic E-state index is 1.22. The molecule has 0 unspecified atom stereocenters. The molecule has 0 aromatic carbocycles. The number of hydrogen-bond acceptors (Lipinski definition) is 0. The molecule has 0 saturated heterocycles. The zero-order chi connectivity index (χ0) is 10.5. The molecule has 1 radical (unpaired) electrons. The van der Waals surface area contributed by atoms with E-state index in [0.29, 0.717) is 0 Å². The lowest BCUT2D eigenvalue weighted by Gasteiger charge is -1.98. The van der Waals surface area contributed by atoms with E-state index in [1.54, 1.807) is 0 Å². The fraction of sp³-hybridized carbons (Fsp3) is 0.643. The first-order valence-corrected chi connectivity index (χ1v) is 6.02. The monoisotopic (exact) mass is 193 g/mol. The molecule has 0 aromatic rings. The predicted octanol–water partition coefficient (Wildman–Crippen LogP) is 5.07. The van der Waals surface area contributed by atoms with Crippen LogP contribution in [0.4, 0.5) is 0 Å². The molecule has 0 nitrogen and oxygen atoms in total. The fourth-order valence-electron chi connectivity index (χ4n) is 1.47. The molecular formula is C14H25. The molecule has 0 rings (SSSR count). The third kappa shape index (κ3) is 11.5. The molecule has 0 aliphatic heterocycles. The first-order chi connectivity index (χ1) is 6.91. The second-order valence-corrected chi connectivity index (χ2v) is 3.77. The molecule has 0 amide bonds. The van der Waals surface area contributed by atoms with E-state index < -0.39 is 0 Å². The Hall–Kier alpha value is -0.520. The van der Waals surface area contributed by atoms with Crippen LogP contribution in [0.3, 0.4) is 0 Å². The van der Waals surface area contributed by atoms with Crippen molar-refractivity contribution in [2.24, 2.45) is 0 Å². The Balaban J connectivity index is 2.98. The predicted molar refractivity (Wildman–Crippen MR) is 66.2 cm³/mol. The summed E-state index contributed by atoms with van der Waals surface area (Å²) in [5, 5.41) is 0. The maximum absolute atomic E-state index is 3.63. The van der Waals surface area contributed by atoms with E-state index in [1.807, 2.05) is 12.2 Å². The lowest BCUT2D eigenvalue weighted by Crippen LogP contribution is -1.78. The van der Waals surface area contributed by atoms with Crippen LogP contribution in [0.2, 0.25) is 0 Å². The molecule has 0 saturated carbocycles. The Morgan fingerprint density at radius 3 is 2.14 bits per heavy atom. The van der Waals surface area contributed by atoms with Crippen molar-refractivity contribution in [3.63, 3.8) is 0 Å². The van der Waals surface area contributed by atoms with Crippen molar-refractivity contribution in [2.45, 2.75) is 58.3 Å². The Morgan fingerprint density at radius 2 is 1.50 bits per heavy atom. The highest BCUT2D eigenvalue weighted by Gasteiger charge is 1.88. The van der Waals surface area contributed by atoms with Crippen LogP contribution in [0.5, 0.6) is 0 Å². The summed E-state index contributed by atoms with van der Waals surface area (Å²) in [6, 6.07) is 0. The van der Waals surface area contributed by atoms with Gasteiger partial charge < -0.3 is 0 Å². The van der Waals surface area contributed by atoms with Gasteiger partial charge in [0.2, 0.25) is 0 Å². The van der Waals surface area contributed by atoms with Crippen LogP contribution in [-0.4, -0.2) is 0 Å². The Labute approximate surface area is 90.1 Å². The first kappa shape index (κ1) is 13.5. The molecule has 0 aliphatic carbocycles. The molecule has 0 N–H and O–H groups in total. The topological polar surface area (TPSA) is 0 Å². The van der Waals surface area contributed by atoms with Crippen LogP contribution in [-0.2, 0) is 0 Å². The summed E-state index contributed by atoms with van der Waals surface area (Å²) in [6.07, 6.45) is 19.1. The third-order valence-corrected chi connectivity index (χ3v) is 2.36. The largest absolute Gasteiger partial charge is 0.0845 e. The zero-order valence-electron chi connectivity index (χ0n) is 9.67. The van der Waals surface area contributed by atoms with Crippen molar-refractivity contribution in [3.8, 4) is 0 Å². The summed E-state index contributed by atoms with van der Waals surface area (Å²) in [5.41, 5.74) is 0. The quantitative estimate of drug-likeness (QED) is 0.354. The van der Waals surface area contributed by atoms with Gasteiger partial charge in [-0.15, -0.1) is 0 Å². The van der Waals surface area contributed by atoms with Gasteiger partial charge >= 0.3 is 0 Å². The molecule has 0 bridgehead atoms. The highest BCUT2D eigenvalue weighted by molar-refractivity contribution is 5.03. The maximum atomic E-state index is 3.63. The van der Waals surface area contributed by atoms with Gasteiger partial charge in [-0.05, 0) is 19.8 Å². The number of hydrogen-bond donors (Lipinski definition) is 0. The third-order valence-electron chi connectivity index (χ3n) is 2.36. The second-order valence-electron chi connectivity index (χ2n) is 3.77. The SMILES string of the molecule is [CH2]/C=C/C=C/CCCCCCCCC. The number of allylic oxidation sites excluding steroid dienone is 4. The van der Waals surface area contributed by atoms with Crippen molar-refractivity contribution in [1.29, 1.82) is 0 Å². The van der Waals surface area contributed by atoms with Crippen LogP contribution in [0.25, 0.3) is 0 Å². The van der Waals surface area contributed by atoms with Gasteiger partial charge in [0.05, 0.1) is 0 Å². The van der Waals surface area contributed by atoms with Gasteiger partial charge in [-0.2, -0.15) is 0 Å². The smallest absolute Gasteiger partial charge is 0.0313 e. The number of rotatable bonds is 9. The van der Waals surface area contributed by atoms with Gasteiger partial charge in [0, 0.05) is 0 Å². The van der Waals surface area contributed by atoms with Crippen LogP contribution in [0.1, 0.15) is 58.3 Å². The Bertz CT molecular complexity index is 142. The second kappa shape index (κ2) is 12.5. The summed E-state index contributed by atoms with van der Waals surface area (Å²) in [7, 11) is 0. The standard InChI is InChI=1S/C14H25/c1-3-5-7-9-11-13-14-12-10-8-6-4-2/h3,5,7,9H,1,4,6,8,10-14H2,2H3/b5-3+,9-7+. The van der Waals surface area contributed by atoms with E-state index in [1.165, 1.54) is 51.4 Å². The van der Waals surface area contributed by atoms with E-state index in [0.717, 1.165) is 0 Å². The molecular weight excluding hydrogens is 168 g/mol. The van der Waals surface area contributed by atoms with Crippen molar-refractivity contribution >= 4 is 0 Å². The van der Waals surface area contributed by atoms with Gasteiger partial charge in [0.25, 0.3) is 0 Å². The fourth-order valence-corrected chi connectivity index (χ4v) is 1.47. The van der Waals surface area contributed by atoms with E-state index in [2.05, 4.69) is 26.0 Å². The van der Waals surface area contributed by atoms with E-state index in [4.69, 9.17) is 0 Å². The van der Waals surface area contributed by atoms with Gasteiger partial charge in [-0.3, -0.25) is 0 Å². The highest BCUT2D eigenvalue weighted by Crippen LogP contribution is 2.08. The van der Waals surface area contributed by atoms with Gasteiger partial charge in [-0.25, -0.2) is 0 Å². The van der Waals surface area contributed by atoms with Crippen molar-refractivity contribution in [2.75, 3.05) is 0 Å². The normalized spacial score (nSPS) is 11.9. The van der Waals surface area contributed by atoms with Crippen LogP contribution >= 0.6 is 0 Å². The summed E-state index contributed by atoms with van der Waals surface area (Å²) >= 11 is 0. The van der Waals surface area contributed by atoms with E-state index >= 15 is 0 Å². The molecule has 0 atom stereocenters. The molecule has 0 fully saturated rings. The molecule has 0 aliphatic rings. The summed E-state index contributed by atoms with van der Waals surface area (Å²) in [4.78, 5) is 0. The van der Waals surface area contributed by atoms with Gasteiger partial charge in [0.1, 0.15) is 0 Å². The lowest BCUT2D eigenvalue weighted by molar-refractivity contribution is 0.592. The van der Waals surface area contributed by atoms with Gasteiger partial charge in [0.15, 0.2) is 0 Å². The highest BCUT2D eigenvalue weighted by atomic mass is 13.9. The molecule has 14 heavy (non-hydrogen) atoms. The van der Waals surface area contributed by atoms with E-state index in [9.17, 15) is 0 Å². The molecule has 0 aromatic heterocycles. The van der Waals surface area contributed by atoms with Crippen molar-refractivity contribution in [3.05, 3.63) is 31.2 Å². The Kier molecular flexibility index (Phi) is 12.0. The molecule has 0 heteroatoms. The minimum Gasteiger partial charge on any atom is -0.0845 e. The summed E-state index contributed by atoms with van der Waals surface area (Å²) in [6.45, 7) is 5.89. The lowest BCUT2D eigenvalue weighted by atomic mass is 10.1. The summed E-state index contributed by atoms with van der Waals surface area (Å²) < 4.78 is 0. The number of unbranched alkanes of at least 4 members (excludes halogenated alkanes) is 7. The molecule has 0 heterocycles. The van der Waals surface area contributed by atoms with Crippen LogP contribution < -0.4 is 0 Å². The first-order valence-electron chi connectivity index (χ1n) is 6.02. The van der Waals surface area contributed by atoms with Crippen LogP contribution in [0.15, 0.2) is 24.3 Å². The van der Waals surface area contributed by atoms with Crippen molar-refractivity contribution < 1.29 is 0 Å². The van der Waals surface area contributed by atoms with Crippen LogP contribution in [0, 0.1) is 6.92 Å². The average molecular weight is 193 g/mol. The molecule has 0 spiro atoms.